The molecule has 2 rings (SSSR count). The monoisotopic (exact) mass is 248 g/mol. The zero-order valence-corrected chi connectivity index (χ0v) is 11.7. The summed E-state index contributed by atoms with van der Waals surface area (Å²) in [5.41, 5.74) is 2.73. The molecular weight excluding hydrogens is 224 g/mol. The first-order chi connectivity index (χ1) is 8.61. The summed E-state index contributed by atoms with van der Waals surface area (Å²) in [5, 5.41) is 18.8. The number of hydrogen-bond acceptors (Lipinski definition) is 3. The summed E-state index contributed by atoms with van der Waals surface area (Å²) < 4.78 is 0. The Labute approximate surface area is 110 Å². The topological polar surface area (TPSA) is 46.0 Å². The Morgan fingerprint density at radius 3 is 2.83 bits per heavy atom. The van der Waals surface area contributed by atoms with Gasteiger partial charge in [0.15, 0.2) is 0 Å². The van der Waals surface area contributed by atoms with Gasteiger partial charge in [-0.15, -0.1) is 0 Å². The van der Waals surface area contributed by atoms with E-state index in [4.69, 9.17) is 0 Å². The first kappa shape index (κ1) is 13.5. The van der Waals surface area contributed by atoms with Gasteiger partial charge >= 0.3 is 0 Å². The van der Waals surface area contributed by atoms with Crippen LogP contribution in [0.3, 0.4) is 0 Å². The molecule has 100 valence electrons. The maximum absolute atomic E-state index is 10.6. The first-order valence-electron chi connectivity index (χ1n) is 7.10. The highest BCUT2D eigenvalue weighted by Gasteiger charge is 2.28. The van der Waals surface area contributed by atoms with Gasteiger partial charge in [-0.2, -0.15) is 10.2 Å². The fourth-order valence-electron chi connectivity index (χ4n) is 3.11. The molecule has 1 aliphatic rings. The van der Waals surface area contributed by atoms with Gasteiger partial charge in [-0.1, -0.05) is 26.2 Å². The van der Waals surface area contributed by atoms with E-state index >= 15 is 0 Å². The van der Waals surface area contributed by atoms with E-state index in [0.29, 0.717) is 5.92 Å². The molecule has 3 heteroatoms. The van der Waals surface area contributed by atoms with E-state index in [1.807, 2.05) is 19.9 Å². The lowest BCUT2D eigenvalue weighted by Crippen LogP contribution is -2.22. The summed E-state index contributed by atoms with van der Waals surface area (Å²) in [6.45, 7) is 6.12. The van der Waals surface area contributed by atoms with Crippen molar-refractivity contribution in [2.45, 2.75) is 59.0 Å². The molecule has 1 aromatic rings. The van der Waals surface area contributed by atoms with Crippen LogP contribution in [0.4, 0.5) is 0 Å². The van der Waals surface area contributed by atoms with Gasteiger partial charge in [0.05, 0.1) is 17.5 Å². The highest BCUT2D eigenvalue weighted by atomic mass is 16.3. The van der Waals surface area contributed by atoms with Crippen LogP contribution in [-0.4, -0.2) is 15.3 Å². The van der Waals surface area contributed by atoms with Crippen LogP contribution in [0.5, 0.6) is 0 Å². The van der Waals surface area contributed by atoms with Crippen LogP contribution < -0.4 is 0 Å². The van der Waals surface area contributed by atoms with Gasteiger partial charge in [-0.05, 0) is 44.6 Å². The van der Waals surface area contributed by atoms with Crippen LogP contribution in [0.1, 0.15) is 62.1 Å². The van der Waals surface area contributed by atoms with E-state index in [1.54, 1.807) is 0 Å². The van der Waals surface area contributed by atoms with Gasteiger partial charge < -0.3 is 5.11 Å². The fraction of sp³-hybridized carbons (Fsp3) is 0.733. The van der Waals surface area contributed by atoms with Crippen LogP contribution in [0.2, 0.25) is 0 Å². The predicted molar refractivity (Wildman–Crippen MR) is 72.2 cm³/mol. The van der Waals surface area contributed by atoms with Crippen molar-refractivity contribution in [3.05, 3.63) is 23.0 Å². The second-order valence-electron chi connectivity index (χ2n) is 5.67. The van der Waals surface area contributed by atoms with Crippen molar-refractivity contribution >= 4 is 0 Å². The number of aryl methyl sites for hydroxylation is 2. The van der Waals surface area contributed by atoms with Crippen molar-refractivity contribution in [2.24, 2.45) is 11.8 Å². The summed E-state index contributed by atoms with van der Waals surface area (Å²) in [6.07, 6.45) is 5.73. The molecule has 1 heterocycles. The molecule has 1 saturated carbocycles. The highest BCUT2D eigenvalue weighted by molar-refractivity contribution is 5.23. The fourth-order valence-corrected chi connectivity index (χ4v) is 3.11. The number of aliphatic hydroxyl groups is 1. The molecule has 1 aromatic heterocycles. The quantitative estimate of drug-likeness (QED) is 0.892. The molecule has 1 fully saturated rings. The van der Waals surface area contributed by atoms with Crippen LogP contribution >= 0.6 is 0 Å². The SMILES string of the molecule is CCC1CCCC(C(O)c2cc(C)nnc2C)C1. The number of hydrogen-bond donors (Lipinski definition) is 1. The van der Waals surface area contributed by atoms with E-state index in [-0.39, 0.29) is 6.10 Å². The Morgan fingerprint density at radius 2 is 2.11 bits per heavy atom. The Morgan fingerprint density at radius 1 is 1.33 bits per heavy atom. The number of aromatic nitrogens is 2. The van der Waals surface area contributed by atoms with Gasteiger partial charge in [0, 0.05) is 5.56 Å². The van der Waals surface area contributed by atoms with E-state index in [9.17, 15) is 5.11 Å². The summed E-state index contributed by atoms with van der Waals surface area (Å²) >= 11 is 0. The lowest BCUT2D eigenvalue weighted by atomic mass is 9.76. The van der Waals surface area contributed by atoms with Gasteiger partial charge in [0.1, 0.15) is 0 Å². The molecule has 0 bridgehead atoms. The Balaban J connectivity index is 2.14. The normalized spacial score (nSPS) is 26.0. The van der Waals surface area contributed by atoms with Crippen LogP contribution in [0.15, 0.2) is 6.07 Å². The highest BCUT2D eigenvalue weighted by Crippen LogP contribution is 2.38. The van der Waals surface area contributed by atoms with E-state index in [0.717, 1.165) is 35.7 Å². The average molecular weight is 248 g/mol. The summed E-state index contributed by atoms with van der Waals surface area (Å²) in [7, 11) is 0. The van der Waals surface area contributed by atoms with Crippen molar-refractivity contribution in [2.75, 3.05) is 0 Å². The third-order valence-corrected chi connectivity index (χ3v) is 4.31. The Bertz CT molecular complexity index is 405. The molecule has 0 amide bonds. The molecule has 3 nitrogen and oxygen atoms in total. The summed E-state index contributed by atoms with van der Waals surface area (Å²) in [4.78, 5) is 0. The van der Waals surface area contributed by atoms with Crippen molar-refractivity contribution in [3.63, 3.8) is 0 Å². The van der Waals surface area contributed by atoms with E-state index in [2.05, 4.69) is 17.1 Å². The van der Waals surface area contributed by atoms with Crippen molar-refractivity contribution in [3.8, 4) is 0 Å². The van der Waals surface area contributed by atoms with E-state index < -0.39 is 0 Å². The van der Waals surface area contributed by atoms with Crippen LogP contribution in [0, 0.1) is 25.7 Å². The molecule has 1 aliphatic carbocycles. The molecule has 0 saturated heterocycles. The van der Waals surface area contributed by atoms with Gasteiger partial charge in [-0.25, -0.2) is 0 Å². The summed E-state index contributed by atoms with van der Waals surface area (Å²) in [5.74, 6) is 1.18. The molecule has 0 spiro atoms. The largest absolute Gasteiger partial charge is 0.388 e. The second kappa shape index (κ2) is 5.79. The third kappa shape index (κ3) is 2.89. The van der Waals surface area contributed by atoms with Gasteiger partial charge in [0.25, 0.3) is 0 Å². The lowest BCUT2D eigenvalue weighted by Gasteiger charge is -2.32. The number of nitrogens with zero attached hydrogens (tertiary/aromatic N) is 2. The molecule has 0 aromatic carbocycles. The van der Waals surface area contributed by atoms with Gasteiger partial charge in [-0.3, -0.25) is 0 Å². The van der Waals surface area contributed by atoms with Crippen molar-refractivity contribution < 1.29 is 5.11 Å². The molecule has 18 heavy (non-hydrogen) atoms. The third-order valence-electron chi connectivity index (χ3n) is 4.31. The maximum Gasteiger partial charge on any atom is 0.0837 e. The molecule has 0 aliphatic heterocycles. The average Bonchev–Trinajstić information content (AvgIpc) is 2.41. The minimum atomic E-state index is -0.367. The minimum absolute atomic E-state index is 0.367. The molecular formula is C15H24N2O. The molecule has 3 unspecified atom stereocenters. The second-order valence-corrected chi connectivity index (χ2v) is 5.67. The van der Waals surface area contributed by atoms with E-state index in [1.165, 1.54) is 19.3 Å². The Hall–Kier alpha value is -0.960. The number of aliphatic hydroxyl groups excluding tert-OH is 1. The number of rotatable bonds is 3. The minimum Gasteiger partial charge on any atom is -0.388 e. The predicted octanol–water partition coefficient (Wildman–Crippen LogP) is 3.34. The van der Waals surface area contributed by atoms with Crippen LogP contribution in [-0.2, 0) is 0 Å². The van der Waals surface area contributed by atoms with Gasteiger partial charge in [0.2, 0.25) is 0 Å². The Kier molecular flexibility index (Phi) is 4.33. The first-order valence-corrected chi connectivity index (χ1v) is 7.10. The smallest absolute Gasteiger partial charge is 0.0837 e. The molecule has 1 N–H and O–H groups in total. The summed E-state index contributed by atoms with van der Waals surface area (Å²) in [6, 6.07) is 1.99. The molecule has 3 atom stereocenters. The maximum atomic E-state index is 10.6. The van der Waals surface area contributed by atoms with Crippen molar-refractivity contribution in [1.82, 2.24) is 10.2 Å². The zero-order valence-electron chi connectivity index (χ0n) is 11.7. The molecule has 0 radical (unpaired) electrons. The standard InChI is InChI=1S/C15H24N2O/c1-4-12-6-5-7-13(9-12)15(18)14-8-10(2)16-17-11(14)3/h8,12-13,15,18H,4-7,9H2,1-3H3. The zero-order chi connectivity index (χ0) is 13.1. The van der Waals surface area contributed by atoms with Crippen LogP contribution in [0.25, 0.3) is 0 Å². The van der Waals surface area contributed by atoms with Crippen molar-refractivity contribution in [1.29, 1.82) is 0 Å². The lowest BCUT2D eigenvalue weighted by molar-refractivity contribution is 0.0668.